The second-order valence-electron chi connectivity index (χ2n) is 5.02. The fourth-order valence-corrected chi connectivity index (χ4v) is 2.80. The van der Waals surface area contributed by atoms with Gasteiger partial charge in [0.15, 0.2) is 0 Å². The van der Waals surface area contributed by atoms with Crippen molar-refractivity contribution in [3.8, 4) is 0 Å². The Labute approximate surface area is 100 Å². The quantitative estimate of drug-likeness (QED) is 0.709. The minimum absolute atomic E-state index is 0.0471. The molecule has 0 unspecified atom stereocenters. The van der Waals surface area contributed by atoms with E-state index in [1.165, 1.54) is 6.42 Å². The summed E-state index contributed by atoms with van der Waals surface area (Å²) in [7, 11) is 0. The van der Waals surface area contributed by atoms with Crippen LogP contribution in [0.1, 0.15) is 19.3 Å². The molecule has 0 atom stereocenters. The fourth-order valence-electron chi connectivity index (χ4n) is 2.80. The average molecular weight is 235 g/mol. The lowest BCUT2D eigenvalue weighted by atomic mass is 9.68. The Balaban J connectivity index is 1.96. The largest absolute Gasteiger partial charge is 0.379 e. The second kappa shape index (κ2) is 3.84. The van der Waals surface area contributed by atoms with Gasteiger partial charge in [0, 0.05) is 13.1 Å². The van der Waals surface area contributed by atoms with Crippen LogP contribution in [-0.4, -0.2) is 42.9 Å². The summed E-state index contributed by atoms with van der Waals surface area (Å²) in [6.45, 7) is 3.04. The molecule has 0 aromatic carbocycles. The predicted molar refractivity (Wildman–Crippen MR) is 63.4 cm³/mol. The maximum Gasteiger partial charge on any atom is 0.267 e. The van der Waals surface area contributed by atoms with Crippen molar-refractivity contribution < 1.29 is 9.53 Å². The number of carbonyl (C=O) groups is 1. The van der Waals surface area contributed by atoms with Gasteiger partial charge in [0.25, 0.3) is 5.91 Å². The number of primary amides is 1. The summed E-state index contributed by atoms with van der Waals surface area (Å²) in [5, 5.41) is 0. The van der Waals surface area contributed by atoms with Crippen molar-refractivity contribution in [1.82, 2.24) is 4.90 Å². The van der Waals surface area contributed by atoms with E-state index in [4.69, 9.17) is 10.5 Å². The van der Waals surface area contributed by atoms with Gasteiger partial charge in [0.05, 0.1) is 18.6 Å². The molecule has 2 heterocycles. The SMILES string of the molecule is NC(=O)C1=CCN2CCOCC3(CCC3)C2=N1. The van der Waals surface area contributed by atoms with E-state index in [9.17, 15) is 4.79 Å². The number of hydrogen-bond acceptors (Lipinski definition) is 4. The van der Waals surface area contributed by atoms with Gasteiger partial charge in [0.1, 0.15) is 11.5 Å². The van der Waals surface area contributed by atoms with Crippen LogP contribution in [-0.2, 0) is 9.53 Å². The normalized spacial score (nSPS) is 26.5. The number of nitrogens with two attached hydrogens (primary N) is 1. The van der Waals surface area contributed by atoms with Crippen molar-refractivity contribution in [2.75, 3.05) is 26.3 Å². The lowest BCUT2D eigenvalue weighted by Crippen LogP contribution is -2.50. The highest BCUT2D eigenvalue weighted by Crippen LogP contribution is 2.45. The lowest BCUT2D eigenvalue weighted by Gasteiger charge is -2.44. The Kier molecular flexibility index (Phi) is 2.43. The second-order valence-corrected chi connectivity index (χ2v) is 5.02. The number of amidine groups is 1. The minimum atomic E-state index is -0.434. The highest BCUT2D eigenvalue weighted by atomic mass is 16.5. The number of carbonyl (C=O) groups excluding carboxylic acids is 1. The number of rotatable bonds is 1. The van der Waals surface area contributed by atoms with Gasteiger partial charge in [0.2, 0.25) is 0 Å². The average Bonchev–Trinajstić information content (AvgIpc) is 2.46. The van der Waals surface area contributed by atoms with Crippen LogP contribution in [0.4, 0.5) is 0 Å². The molecule has 5 nitrogen and oxygen atoms in total. The van der Waals surface area contributed by atoms with Gasteiger partial charge >= 0.3 is 0 Å². The number of fused-ring (bicyclic) bond motifs is 2. The molecule has 2 N–H and O–H groups in total. The smallest absolute Gasteiger partial charge is 0.267 e. The molecule has 1 amide bonds. The zero-order valence-corrected chi connectivity index (χ0v) is 9.82. The first-order valence-corrected chi connectivity index (χ1v) is 6.13. The van der Waals surface area contributed by atoms with Gasteiger partial charge in [-0.15, -0.1) is 0 Å². The minimum Gasteiger partial charge on any atom is -0.379 e. The molecule has 1 saturated heterocycles. The summed E-state index contributed by atoms with van der Waals surface area (Å²) in [6, 6.07) is 0. The predicted octanol–water partition coefficient (Wildman–Crippen LogP) is 0.270. The standard InChI is InChI=1S/C12H17N3O2/c13-10(16)9-2-5-15-6-7-17-8-12(3-1-4-12)11(15)14-9/h2H,1,3-8H2,(H2,13,16). The molecule has 1 spiro atoms. The van der Waals surface area contributed by atoms with E-state index < -0.39 is 5.91 Å². The molecule has 1 aliphatic carbocycles. The van der Waals surface area contributed by atoms with Crippen molar-refractivity contribution in [1.29, 1.82) is 0 Å². The van der Waals surface area contributed by atoms with Crippen LogP contribution >= 0.6 is 0 Å². The fraction of sp³-hybridized carbons (Fsp3) is 0.667. The molecule has 2 aliphatic heterocycles. The van der Waals surface area contributed by atoms with Crippen molar-refractivity contribution in [3.05, 3.63) is 11.8 Å². The molecule has 0 aromatic heterocycles. The Morgan fingerprint density at radius 1 is 1.53 bits per heavy atom. The Morgan fingerprint density at radius 3 is 3.00 bits per heavy atom. The Bertz CT molecular complexity index is 410. The third-order valence-corrected chi connectivity index (χ3v) is 3.95. The first-order chi connectivity index (χ1) is 8.21. The van der Waals surface area contributed by atoms with Crippen LogP contribution in [0.3, 0.4) is 0 Å². The van der Waals surface area contributed by atoms with Gasteiger partial charge in [-0.05, 0) is 18.9 Å². The number of hydrogen-bond donors (Lipinski definition) is 1. The van der Waals surface area contributed by atoms with Crippen LogP contribution in [0.25, 0.3) is 0 Å². The first kappa shape index (κ1) is 10.8. The van der Waals surface area contributed by atoms with Gasteiger partial charge in [-0.25, -0.2) is 4.99 Å². The number of ether oxygens (including phenoxy) is 1. The zero-order chi connectivity index (χ0) is 11.9. The van der Waals surface area contributed by atoms with Crippen LogP contribution in [0, 0.1) is 5.41 Å². The molecule has 5 heteroatoms. The molecule has 0 radical (unpaired) electrons. The molecule has 3 aliphatic rings. The van der Waals surface area contributed by atoms with Crippen LogP contribution < -0.4 is 5.73 Å². The van der Waals surface area contributed by atoms with Gasteiger partial charge < -0.3 is 15.4 Å². The van der Waals surface area contributed by atoms with Gasteiger partial charge in [-0.1, -0.05) is 6.42 Å². The van der Waals surface area contributed by atoms with Crippen molar-refractivity contribution in [2.45, 2.75) is 19.3 Å². The van der Waals surface area contributed by atoms with E-state index in [2.05, 4.69) is 9.89 Å². The summed E-state index contributed by atoms with van der Waals surface area (Å²) in [6.07, 6.45) is 5.23. The van der Waals surface area contributed by atoms with Crippen molar-refractivity contribution in [2.24, 2.45) is 16.1 Å². The maximum atomic E-state index is 11.2. The van der Waals surface area contributed by atoms with Crippen LogP contribution in [0.15, 0.2) is 16.8 Å². The first-order valence-electron chi connectivity index (χ1n) is 6.13. The highest BCUT2D eigenvalue weighted by Gasteiger charge is 2.46. The summed E-state index contributed by atoms with van der Waals surface area (Å²) in [5.41, 5.74) is 5.77. The molecule has 0 aromatic rings. The van der Waals surface area contributed by atoms with Crippen LogP contribution in [0.5, 0.6) is 0 Å². The summed E-state index contributed by atoms with van der Waals surface area (Å²) in [4.78, 5) is 17.9. The topological polar surface area (TPSA) is 67.9 Å². The van der Waals surface area contributed by atoms with E-state index >= 15 is 0 Å². The molecular formula is C12H17N3O2. The molecule has 3 rings (SSSR count). The van der Waals surface area contributed by atoms with Crippen molar-refractivity contribution >= 4 is 11.7 Å². The van der Waals surface area contributed by atoms with E-state index in [1.54, 1.807) is 0 Å². The molecule has 92 valence electrons. The lowest BCUT2D eigenvalue weighted by molar-refractivity contribution is -0.114. The van der Waals surface area contributed by atoms with E-state index in [0.29, 0.717) is 5.70 Å². The molecule has 2 fully saturated rings. The van der Waals surface area contributed by atoms with Gasteiger partial charge in [-0.2, -0.15) is 0 Å². The zero-order valence-electron chi connectivity index (χ0n) is 9.82. The third-order valence-electron chi connectivity index (χ3n) is 3.95. The van der Waals surface area contributed by atoms with E-state index in [0.717, 1.165) is 45.0 Å². The molecule has 17 heavy (non-hydrogen) atoms. The number of amides is 1. The highest BCUT2D eigenvalue weighted by molar-refractivity contribution is 5.99. The molecule has 0 bridgehead atoms. The third kappa shape index (κ3) is 1.65. The Hall–Kier alpha value is -1.36. The van der Waals surface area contributed by atoms with Crippen molar-refractivity contribution in [3.63, 3.8) is 0 Å². The number of nitrogens with zero attached hydrogens (tertiary/aromatic N) is 2. The molecular weight excluding hydrogens is 218 g/mol. The van der Waals surface area contributed by atoms with Crippen LogP contribution in [0.2, 0.25) is 0 Å². The summed E-state index contributed by atoms with van der Waals surface area (Å²) < 4.78 is 5.68. The summed E-state index contributed by atoms with van der Waals surface area (Å²) in [5.74, 6) is 0.592. The Morgan fingerprint density at radius 2 is 2.35 bits per heavy atom. The van der Waals surface area contributed by atoms with E-state index in [1.807, 2.05) is 6.08 Å². The van der Waals surface area contributed by atoms with Gasteiger partial charge in [-0.3, -0.25) is 4.79 Å². The number of aliphatic imine (C=N–C) groups is 1. The maximum absolute atomic E-state index is 11.2. The van der Waals surface area contributed by atoms with E-state index in [-0.39, 0.29) is 5.41 Å². The summed E-state index contributed by atoms with van der Waals surface area (Å²) >= 11 is 0. The monoisotopic (exact) mass is 235 g/mol. The molecule has 1 saturated carbocycles.